The Kier molecular flexibility index (Phi) is 3.19. The summed E-state index contributed by atoms with van der Waals surface area (Å²) >= 11 is 3.22. The lowest BCUT2D eigenvalue weighted by Gasteiger charge is -2.04. The third-order valence-electron chi connectivity index (χ3n) is 2.48. The number of rotatable bonds is 2. The smallest absolute Gasteiger partial charge is 0.133 e. The van der Waals surface area contributed by atoms with Crippen molar-refractivity contribution in [1.82, 2.24) is 9.78 Å². The van der Waals surface area contributed by atoms with Crippen molar-refractivity contribution in [3.05, 3.63) is 34.7 Å². The lowest BCUT2D eigenvalue weighted by atomic mass is 10.1. The van der Waals surface area contributed by atoms with E-state index in [0.29, 0.717) is 21.4 Å². The molecule has 2 rings (SSSR count). The first-order chi connectivity index (χ1) is 7.99. The van der Waals surface area contributed by atoms with E-state index in [4.69, 9.17) is 5.73 Å². The van der Waals surface area contributed by atoms with E-state index < -0.39 is 0 Å². The van der Waals surface area contributed by atoms with E-state index in [0.717, 1.165) is 0 Å². The number of nitrogen functional groups attached to an aromatic ring is 1. The molecule has 0 aliphatic heterocycles. The van der Waals surface area contributed by atoms with Crippen molar-refractivity contribution in [1.29, 1.82) is 0 Å². The highest BCUT2D eigenvalue weighted by molar-refractivity contribution is 9.10. The van der Waals surface area contributed by atoms with E-state index in [1.165, 1.54) is 6.07 Å². The molecule has 1 heterocycles. The fraction of sp³-hybridized carbons (Fsp3) is 0.250. The van der Waals surface area contributed by atoms with Gasteiger partial charge in [0.25, 0.3) is 0 Å². The van der Waals surface area contributed by atoms with Crippen LogP contribution >= 0.6 is 15.9 Å². The van der Waals surface area contributed by atoms with Crippen LogP contribution in [-0.4, -0.2) is 9.78 Å². The van der Waals surface area contributed by atoms with E-state index in [9.17, 15) is 4.39 Å². The lowest BCUT2D eigenvalue weighted by Crippen LogP contribution is -2.01. The number of hydrogen-bond donors (Lipinski definition) is 1. The molecular formula is C12H13BrFN3. The number of nitrogens with zero attached hydrogens (tertiary/aromatic N) is 2. The molecule has 1 aromatic heterocycles. The van der Waals surface area contributed by atoms with E-state index in [-0.39, 0.29) is 11.9 Å². The van der Waals surface area contributed by atoms with Crippen LogP contribution < -0.4 is 5.73 Å². The Hall–Kier alpha value is -1.36. The molecule has 0 unspecified atom stereocenters. The maximum Gasteiger partial charge on any atom is 0.133 e. The Bertz CT molecular complexity index is 549. The van der Waals surface area contributed by atoms with Crippen LogP contribution in [-0.2, 0) is 0 Å². The van der Waals surface area contributed by atoms with Gasteiger partial charge in [0.1, 0.15) is 11.5 Å². The van der Waals surface area contributed by atoms with Crippen molar-refractivity contribution in [2.75, 3.05) is 5.73 Å². The van der Waals surface area contributed by atoms with Crippen LogP contribution in [0, 0.1) is 5.82 Å². The zero-order chi connectivity index (χ0) is 12.6. The second kappa shape index (κ2) is 4.49. The second-order valence-electron chi connectivity index (χ2n) is 4.13. The number of halogens is 2. The maximum atomic E-state index is 13.8. The molecule has 3 nitrogen and oxygen atoms in total. The van der Waals surface area contributed by atoms with Crippen molar-refractivity contribution in [3.8, 4) is 11.3 Å². The molecule has 2 aromatic rings. The van der Waals surface area contributed by atoms with Gasteiger partial charge in [0.05, 0.1) is 5.69 Å². The SMILES string of the molecule is CC(C)n1cc(N)c(-c2ccc(Br)cc2F)n1. The van der Waals surface area contributed by atoms with E-state index in [1.54, 1.807) is 23.0 Å². The van der Waals surface area contributed by atoms with Gasteiger partial charge in [-0.1, -0.05) is 15.9 Å². The van der Waals surface area contributed by atoms with Gasteiger partial charge in [-0.2, -0.15) is 5.10 Å². The normalized spacial score (nSPS) is 11.1. The highest BCUT2D eigenvalue weighted by Gasteiger charge is 2.14. The van der Waals surface area contributed by atoms with Gasteiger partial charge in [-0.3, -0.25) is 4.68 Å². The highest BCUT2D eigenvalue weighted by atomic mass is 79.9. The van der Waals surface area contributed by atoms with Gasteiger partial charge in [0, 0.05) is 22.3 Å². The average molecular weight is 298 g/mol. The Morgan fingerprint density at radius 2 is 2.12 bits per heavy atom. The zero-order valence-corrected chi connectivity index (χ0v) is 11.2. The van der Waals surface area contributed by atoms with Crippen LogP contribution in [0.1, 0.15) is 19.9 Å². The fourth-order valence-electron chi connectivity index (χ4n) is 1.56. The number of benzene rings is 1. The molecule has 0 spiro atoms. The molecule has 0 aliphatic rings. The van der Waals surface area contributed by atoms with Gasteiger partial charge in [0.15, 0.2) is 0 Å². The summed E-state index contributed by atoms with van der Waals surface area (Å²) in [5.41, 5.74) is 7.25. The van der Waals surface area contributed by atoms with Crippen molar-refractivity contribution in [2.45, 2.75) is 19.9 Å². The van der Waals surface area contributed by atoms with Crippen LogP contribution in [0.4, 0.5) is 10.1 Å². The summed E-state index contributed by atoms with van der Waals surface area (Å²) in [6, 6.07) is 5.04. The minimum absolute atomic E-state index is 0.199. The third-order valence-corrected chi connectivity index (χ3v) is 2.97. The molecule has 17 heavy (non-hydrogen) atoms. The van der Waals surface area contributed by atoms with E-state index in [2.05, 4.69) is 21.0 Å². The quantitative estimate of drug-likeness (QED) is 0.920. The number of aromatic nitrogens is 2. The zero-order valence-electron chi connectivity index (χ0n) is 9.61. The summed E-state index contributed by atoms with van der Waals surface area (Å²) in [5, 5.41) is 4.31. The van der Waals surface area contributed by atoms with Gasteiger partial charge in [-0.05, 0) is 32.0 Å². The molecule has 0 radical (unpaired) electrons. The van der Waals surface area contributed by atoms with Crippen molar-refractivity contribution in [2.24, 2.45) is 0 Å². The van der Waals surface area contributed by atoms with Crippen LogP contribution in [0.25, 0.3) is 11.3 Å². The van der Waals surface area contributed by atoms with Crippen LogP contribution in [0.2, 0.25) is 0 Å². The van der Waals surface area contributed by atoms with Crippen molar-refractivity contribution < 1.29 is 4.39 Å². The highest BCUT2D eigenvalue weighted by Crippen LogP contribution is 2.29. The Labute approximate surface area is 108 Å². The first-order valence-electron chi connectivity index (χ1n) is 5.29. The molecule has 0 bridgehead atoms. The third kappa shape index (κ3) is 2.34. The average Bonchev–Trinajstić information content (AvgIpc) is 2.61. The molecule has 0 atom stereocenters. The van der Waals surface area contributed by atoms with Crippen LogP contribution in [0.5, 0.6) is 0 Å². The molecule has 0 fully saturated rings. The van der Waals surface area contributed by atoms with E-state index in [1.807, 2.05) is 13.8 Å². The van der Waals surface area contributed by atoms with Gasteiger partial charge < -0.3 is 5.73 Å². The minimum Gasteiger partial charge on any atom is -0.396 e. The fourth-order valence-corrected chi connectivity index (χ4v) is 1.89. The predicted octanol–water partition coefficient (Wildman–Crippen LogP) is 3.61. The van der Waals surface area contributed by atoms with Crippen molar-refractivity contribution >= 4 is 21.6 Å². The topological polar surface area (TPSA) is 43.8 Å². The summed E-state index contributed by atoms with van der Waals surface area (Å²) < 4.78 is 16.2. The molecule has 90 valence electrons. The summed E-state index contributed by atoms with van der Waals surface area (Å²) in [6.07, 6.45) is 1.72. The number of nitrogens with two attached hydrogens (primary N) is 1. The molecule has 0 saturated heterocycles. The Morgan fingerprint density at radius 1 is 1.41 bits per heavy atom. The first kappa shape index (κ1) is 12.1. The lowest BCUT2D eigenvalue weighted by molar-refractivity contribution is 0.533. The summed E-state index contributed by atoms with van der Waals surface area (Å²) in [4.78, 5) is 0. The van der Waals surface area contributed by atoms with Gasteiger partial charge in [0.2, 0.25) is 0 Å². The maximum absolute atomic E-state index is 13.8. The number of anilines is 1. The molecule has 0 aliphatic carbocycles. The Balaban J connectivity index is 2.52. The summed E-state index contributed by atoms with van der Waals surface area (Å²) in [5.74, 6) is -0.333. The molecule has 2 N–H and O–H groups in total. The second-order valence-corrected chi connectivity index (χ2v) is 5.05. The summed E-state index contributed by atoms with van der Waals surface area (Å²) in [7, 11) is 0. The van der Waals surface area contributed by atoms with Gasteiger partial charge in [-0.25, -0.2) is 4.39 Å². The van der Waals surface area contributed by atoms with Crippen LogP contribution in [0.3, 0.4) is 0 Å². The number of hydrogen-bond acceptors (Lipinski definition) is 2. The Morgan fingerprint density at radius 3 is 2.65 bits per heavy atom. The standard InChI is InChI=1S/C12H13BrFN3/c1-7(2)17-6-11(15)12(16-17)9-4-3-8(13)5-10(9)14/h3-7H,15H2,1-2H3. The monoisotopic (exact) mass is 297 g/mol. The molecule has 0 saturated carbocycles. The first-order valence-corrected chi connectivity index (χ1v) is 6.08. The molecule has 1 aromatic carbocycles. The molecule has 0 amide bonds. The minimum atomic E-state index is -0.333. The van der Waals surface area contributed by atoms with Gasteiger partial charge in [-0.15, -0.1) is 0 Å². The molecule has 5 heteroatoms. The largest absolute Gasteiger partial charge is 0.396 e. The van der Waals surface area contributed by atoms with Crippen LogP contribution in [0.15, 0.2) is 28.9 Å². The van der Waals surface area contributed by atoms with E-state index >= 15 is 0 Å². The van der Waals surface area contributed by atoms with Crippen molar-refractivity contribution in [3.63, 3.8) is 0 Å². The molecular weight excluding hydrogens is 285 g/mol. The predicted molar refractivity (Wildman–Crippen MR) is 70.1 cm³/mol. The summed E-state index contributed by atoms with van der Waals surface area (Å²) in [6.45, 7) is 3.99. The van der Waals surface area contributed by atoms with Gasteiger partial charge >= 0.3 is 0 Å².